The van der Waals surface area contributed by atoms with Gasteiger partial charge in [-0.15, -0.1) is 0 Å². The van der Waals surface area contributed by atoms with E-state index < -0.39 is 12.0 Å². The van der Waals surface area contributed by atoms with Crippen molar-refractivity contribution in [3.05, 3.63) is 0 Å². The smallest absolute Gasteiger partial charge is 0.250 e. The molecule has 3 nitrogen and oxygen atoms in total. The molecule has 0 aliphatic rings. The quantitative estimate of drug-likeness (QED) is 0.635. The Bertz CT molecular complexity index is 140. The maximum absolute atomic E-state index is 11.7. The Labute approximate surface area is 77.7 Å². The average Bonchev–Trinajstić information content (AvgIpc) is 1.81. The van der Waals surface area contributed by atoms with Crippen molar-refractivity contribution < 1.29 is 13.9 Å². The van der Waals surface area contributed by atoms with Gasteiger partial charge in [-0.2, -0.15) is 0 Å². The highest BCUT2D eigenvalue weighted by atomic mass is 19.3. The van der Waals surface area contributed by atoms with E-state index in [9.17, 15) is 13.9 Å². The molecule has 80 valence electrons. The summed E-state index contributed by atoms with van der Waals surface area (Å²) in [5.41, 5.74) is -0.960. The van der Waals surface area contributed by atoms with Crippen LogP contribution in [0.5, 0.6) is 0 Å². The van der Waals surface area contributed by atoms with Crippen LogP contribution in [0, 0.1) is 0 Å². The minimum atomic E-state index is -2.37. The number of hydrogen-bond acceptors (Lipinski definition) is 3. The Balaban J connectivity index is 3.62. The lowest BCUT2D eigenvalue weighted by atomic mass is 10.1. The molecule has 0 radical (unpaired) electrons. The van der Waals surface area contributed by atoms with E-state index in [2.05, 4.69) is 5.32 Å². The minimum Gasteiger partial charge on any atom is -0.388 e. The van der Waals surface area contributed by atoms with Crippen molar-refractivity contribution in [1.29, 1.82) is 0 Å². The second-order valence-electron chi connectivity index (χ2n) is 3.76. The van der Waals surface area contributed by atoms with E-state index in [0.717, 1.165) is 0 Å². The third-order valence-electron chi connectivity index (χ3n) is 1.46. The first kappa shape index (κ1) is 12.7. The summed E-state index contributed by atoms with van der Waals surface area (Å²) < 4.78 is 23.4. The van der Waals surface area contributed by atoms with E-state index >= 15 is 0 Å². The third kappa shape index (κ3) is 8.08. The lowest BCUT2D eigenvalue weighted by molar-refractivity contribution is 0.0295. The van der Waals surface area contributed by atoms with Gasteiger partial charge in [0.05, 0.1) is 12.1 Å². The predicted molar refractivity (Wildman–Crippen MR) is 48.1 cm³/mol. The summed E-state index contributed by atoms with van der Waals surface area (Å²) in [6.45, 7) is 1.87. The van der Waals surface area contributed by atoms with Gasteiger partial charge in [-0.25, -0.2) is 8.78 Å². The summed E-state index contributed by atoms with van der Waals surface area (Å²) in [5, 5.41) is 12.2. The Morgan fingerprint density at radius 1 is 1.46 bits per heavy atom. The van der Waals surface area contributed by atoms with Crippen LogP contribution >= 0.6 is 0 Å². The third-order valence-corrected chi connectivity index (χ3v) is 1.46. The van der Waals surface area contributed by atoms with Gasteiger partial charge in [-0.1, -0.05) is 0 Å². The van der Waals surface area contributed by atoms with Crippen molar-refractivity contribution in [2.75, 3.05) is 33.7 Å². The van der Waals surface area contributed by atoms with E-state index in [0.29, 0.717) is 6.54 Å². The molecular weight excluding hydrogens is 178 g/mol. The standard InChI is InChI=1S/C8H18F2N2O/c1-8(13,6-12(2)3)5-11-4-7(9)10/h7,11,13H,4-6H2,1-3H3. The number of nitrogens with one attached hydrogen (secondary N) is 1. The summed E-state index contributed by atoms with van der Waals surface area (Å²) in [5.74, 6) is 0. The van der Waals surface area contributed by atoms with Gasteiger partial charge in [0.15, 0.2) is 0 Å². The van der Waals surface area contributed by atoms with E-state index in [1.807, 2.05) is 19.0 Å². The van der Waals surface area contributed by atoms with Crippen LogP contribution in [-0.4, -0.2) is 55.8 Å². The fourth-order valence-corrected chi connectivity index (χ4v) is 1.19. The molecule has 0 aromatic heterocycles. The number of halogens is 2. The number of rotatable bonds is 6. The molecule has 0 spiro atoms. The molecule has 5 heteroatoms. The van der Waals surface area contributed by atoms with E-state index in [1.165, 1.54) is 0 Å². The largest absolute Gasteiger partial charge is 0.388 e. The fraction of sp³-hybridized carbons (Fsp3) is 1.00. The van der Waals surface area contributed by atoms with E-state index in [-0.39, 0.29) is 13.1 Å². The van der Waals surface area contributed by atoms with Crippen molar-refractivity contribution >= 4 is 0 Å². The van der Waals surface area contributed by atoms with Gasteiger partial charge in [-0.3, -0.25) is 0 Å². The van der Waals surface area contributed by atoms with Crippen LogP contribution in [0.2, 0.25) is 0 Å². The zero-order chi connectivity index (χ0) is 10.5. The molecule has 0 rings (SSSR count). The average molecular weight is 196 g/mol. The van der Waals surface area contributed by atoms with Gasteiger partial charge in [0.2, 0.25) is 0 Å². The molecule has 0 heterocycles. The summed E-state index contributed by atoms with van der Waals surface area (Å²) in [7, 11) is 3.64. The normalized spacial score (nSPS) is 16.6. The summed E-state index contributed by atoms with van der Waals surface area (Å²) in [6, 6.07) is 0. The highest BCUT2D eigenvalue weighted by Gasteiger charge is 2.20. The molecule has 0 amide bonds. The van der Waals surface area contributed by atoms with Gasteiger partial charge >= 0.3 is 0 Å². The molecule has 0 aromatic rings. The molecule has 1 atom stereocenters. The molecule has 0 saturated carbocycles. The number of alkyl halides is 2. The zero-order valence-electron chi connectivity index (χ0n) is 8.35. The number of hydrogen-bond donors (Lipinski definition) is 2. The summed E-state index contributed by atoms with van der Waals surface area (Å²) in [4.78, 5) is 1.81. The van der Waals surface area contributed by atoms with Crippen LogP contribution in [0.15, 0.2) is 0 Å². The summed E-state index contributed by atoms with van der Waals surface area (Å²) in [6.07, 6.45) is -2.37. The Hall–Kier alpha value is -0.260. The van der Waals surface area contributed by atoms with Crippen molar-refractivity contribution in [2.45, 2.75) is 19.0 Å². The zero-order valence-corrected chi connectivity index (χ0v) is 8.35. The SMILES string of the molecule is CN(C)CC(C)(O)CNCC(F)F. The van der Waals surface area contributed by atoms with Gasteiger partial charge < -0.3 is 15.3 Å². The molecular formula is C8H18F2N2O. The molecule has 2 N–H and O–H groups in total. The number of aliphatic hydroxyl groups is 1. The molecule has 0 aliphatic carbocycles. The first-order chi connectivity index (χ1) is 5.83. The van der Waals surface area contributed by atoms with Gasteiger partial charge in [-0.05, 0) is 21.0 Å². The number of nitrogens with zero attached hydrogens (tertiary/aromatic N) is 1. The summed E-state index contributed by atoms with van der Waals surface area (Å²) >= 11 is 0. The molecule has 0 aromatic carbocycles. The molecule has 0 bridgehead atoms. The van der Waals surface area contributed by atoms with Gasteiger partial charge in [0, 0.05) is 13.1 Å². The second-order valence-corrected chi connectivity index (χ2v) is 3.76. The van der Waals surface area contributed by atoms with Crippen LogP contribution < -0.4 is 5.32 Å². The predicted octanol–water partition coefficient (Wildman–Crippen LogP) is 0.154. The maximum atomic E-state index is 11.7. The Morgan fingerprint density at radius 2 is 2.00 bits per heavy atom. The molecule has 0 aliphatic heterocycles. The van der Waals surface area contributed by atoms with Crippen molar-refractivity contribution in [3.8, 4) is 0 Å². The second kappa shape index (κ2) is 5.47. The van der Waals surface area contributed by atoms with Crippen LogP contribution in [-0.2, 0) is 0 Å². The minimum absolute atomic E-state index is 0.176. The highest BCUT2D eigenvalue weighted by molar-refractivity contribution is 4.77. The first-order valence-corrected chi connectivity index (χ1v) is 4.19. The van der Waals surface area contributed by atoms with Crippen molar-refractivity contribution in [1.82, 2.24) is 10.2 Å². The van der Waals surface area contributed by atoms with Crippen LogP contribution in [0.25, 0.3) is 0 Å². The van der Waals surface area contributed by atoms with Gasteiger partial charge in [0.1, 0.15) is 0 Å². The Morgan fingerprint density at radius 3 is 2.38 bits per heavy atom. The maximum Gasteiger partial charge on any atom is 0.250 e. The van der Waals surface area contributed by atoms with Gasteiger partial charge in [0.25, 0.3) is 6.43 Å². The molecule has 1 unspecified atom stereocenters. The first-order valence-electron chi connectivity index (χ1n) is 4.19. The Kier molecular flexibility index (Phi) is 5.36. The van der Waals surface area contributed by atoms with E-state index in [4.69, 9.17) is 0 Å². The molecule has 13 heavy (non-hydrogen) atoms. The molecule has 0 saturated heterocycles. The fourth-order valence-electron chi connectivity index (χ4n) is 1.19. The van der Waals surface area contributed by atoms with Crippen LogP contribution in [0.1, 0.15) is 6.92 Å². The monoisotopic (exact) mass is 196 g/mol. The number of likely N-dealkylation sites (N-methyl/N-ethyl adjacent to an activating group) is 1. The topological polar surface area (TPSA) is 35.5 Å². The molecule has 0 fully saturated rings. The highest BCUT2D eigenvalue weighted by Crippen LogP contribution is 2.02. The lowest BCUT2D eigenvalue weighted by Gasteiger charge is -2.27. The van der Waals surface area contributed by atoms with Crippen LogP contribution in [0.4, 0.5) is 8.78 Å². The van der Waals surface area contributed by atoms with Crippen LogP contribution in [0.3, 0.4) is 0 Å². The lowest BCUT2D eigenvalue weighted by Crippen LogP contribution is -2.46. The van der Waals surface area contributed by atoms with E-state index in [1.54, 1.807) is 6.92 Å². The van der Waals surface area contributed by atoms with Crippen molar-refractivity contribution in [3.63, 3.8) is 0 Å². The van der Waals surface area contributed by atoms with Crippen molar-refractivity contribution in [2.24, 2.45) is 0 Å².